The average molecular weight is 368 g/mol. The number of carbonyl (C=O) groups is 1. The van der Waals surface area contributed by atoms with Crippen molar-refractivity contribution >= 4 is 11.6 Å². The lowest BCUT2D eigenvalue weighted by atomic mass is 10.1. The Bertz CT molecular complexity index is 1120. The summed E-state index contributed by atoms with van der Waals surface area (Å²) in [5.41, 5.74) is 5.61. The Balaban J connectivity index is 1.57. The zero-order chi connectivity index (χ0) is 19.5. The van der Waals surface area contributed by atoms with E-state index in [9.17, 15) is 4.79 Å². The number of para-hydroxylation sites is 1. The van der Waals surface area contributed by atoms with Crippen molar-refractivity contribution in [1.29, 1.82) is 0 Å². The van der Waals surface area contributed by atoms with Gasteiger partial charge >= 0.3 is 0 Å². The van der Waals surface area contributed by atoms with E-state index in [4.69, 9.17) is 0 Å². The fraction of sp³-hybridized carbons (Fsp3) is 0.0870. The summed E-state index contributed by atoms with van der Waals surface area (Å²) in [6, 6.07) is 23.4. The second-order valence-electron chi connectivity index (χ2n) is 6.54. The van der Waals surface area contributed by atoms with Crippen LogP contribution in [-0.2, 0) is 0 Å². The van der Waals surface area contributed by atoms with E-state index in [-0.39, 0.29) is 5.91 Å². The fourth-order valence-corrected chi connectivity index (χ4v) is 3.12. The zero-order valence-electron chi connectivity index (χ0n) is 15.8. The molecular formula is C23H20N4O. The summed E-state index contributed by atoms with van der Waals surface area (Å²) >= 11 is 0. The normalized spacial score (nSPS) is 10.6. The summed E-state index contributed by atoms with van der Waals surface area (Å²) in [4.78, 5) is 17.4. The molecular weight excluding hydrogens is 348 g/mol. The van der Waals surface area contributed by atoms with Crippen LogP contribution in [0, 0.1) is 13.8 Å². The quantitative estimate of drug-likeness (QED) is 0.563. The van der Waals surface area contributed by atoms with Crippen molar-refractivity contribution in [3.63, 3.8) is 0 Å². The molecule has 1 amide bonds. The first-order valence-corrected chi connectivity index (χ1v) is 9.08. The molecule has 138 valence electrons. The van der Waals surface area contributed by atoms with Crippen LogP contribution in [0.2, 0.25) is 0 Å². The summed E-state index contributed by atoms with van der Waals surface area (Å²) in [5.74, 6) is -0.194. The number of aromatic nitrogens is 3. The maximum absolute atomic E-state index is 12.8. The van der Waals surface area contributed by atoms with Crippen LogP contribution in [0.25, 0.3) is 16.9 Å². The number of rotatable bonds is 4. The average Bonchev–Trinajstić information content (AvgIpc) is 3.09. The van der Waals surface area contributed by atoms with Crippen LogP contribution in [0.1, 0.15) is 21.7 Å². The molecule has 4 aromatic rings. The molecule has 2 aromatic carbocycles. The molecule has 28 heavy (non-hydrogen) atoms. The molecule has 0 saturated carbocycles. The van der Waals surface area contributed by atoms with Crippen LogP contribution in [0.5, 0.6) is 0 Å². The van der Waals surface area contributed by atoms with Crippen molar-refractivity contribution < 1.29 is 4.79 Å². The van der Waals surface area contributed by atoms with E-state index >= 15 is 0 Å². The minimum Gasteiger partial charge on any atom is -0.319 e. The number of hydrogen-bond acceptors (Lipinski definition) is 3. The van der Waals surface area contributed by atoms with Gasteiger partial charge < -0.3 is 5.32 Å². The minimum absolute atomic E-state index is 0.194. The predicted molar refractivity (Wildman–Crippen MR) is 111 cm³/mol. The van der Waals surface area contributed by atoms with E-state index in [2.05, 4.69) is 15.4 Å². The van der Waals surface area contributed by atoms with Gasteiger partial charge in [0.2, 0.25) is 0 Å². The number of amides is 1. The molecule has 0 saturated heterocycles. The number of nitrogens with one attached hydrogen (secondary N) is 1. The number of hydrogen-bond donors (Lipinski definition) is 1. The van der Waals surface area contributed by atoms with Gasteiger partial charge in [-0.3, -0.25) is 9.78 Å². The zero-order valence-corrected chi connectivity index (χ0v) is 15.8. The Labute approximate surface area is 163 Å². The van der Waals surface area contributed by atoms with E-state index in [1.165, 1.54) is 0 Å². The van der Waals surface area contributed by atoms with Crippen molar-refractivity contribution in [2.45, 2.75) is 13.8 Å². The molecule has 5 heteroatoms. The summed E-state index contributed by atoms with van der Waals surface area (Å²) in [5, 5.41) is 7.35. The molecule has 0 aliphatic rings. The first-order valence-electron chi connectivity index (χ1n) is 9.08. The maximum atomic E-state index is 12.8. The third-order valence-electron chi connectivity index (χ3n) is 4.66. The van der Waals surface area contributed by atoms with Gasteiger partial charge in [-0.15, -0.1) is 0 Å². The molecule has 0 atom stereocenters. The fourth-order valence-electron chi connectivity index (χ4n) is 3.12. The minimum atomic E-state index is -0.194. The van der Waals surface area contributed by atoms with Gasteiger partial charge in [-0.2, -0.15) is 5.10 Å². The molecule has 0 aliphatic carbocycles. The van der Waals surface area contributed by atoms with E-state index in [1.807, 2.05) is 86.6 Å². The molecule has 0 spiro atoms. The largest absolute Gasteiger partial charge is 0.319 e. The molecule has 2 heterocycles. The van der Waals surface area contributed by atoms with Crippen LogP contribution in [-0.4, -0.2) is 20.7 Å². The lowest BCUT2D eigenvalue weighted by molar-refractivity contribution is 0.102. The Morgan fingerprint density at radius 2 is 1.57 bits per heavy atom. The topological polar surface area (TPSA) is 59.8 Å². The van der Waals surface area contributed by atoms with Crippen molar-refractivity contribution in [2.24, 2.45) is 0 Å². The van der Waals surface area contributed by atoms with Gasteiger partial charge in [0.1, 0.15) is 0 Å². The first kappa shape index (κ1) is 17.7. The van der Waals surface area contributed by atoms with E-state index in [0.29, 0.717) is 16.9 Å². The van der Waals surface area contributed by atoms with E-state index in [1.54, 1.807) is 10.9 Å². The second-order valence-corrected chi connectivity index (χ2v) is 6.54. The number of benzene rings is 2. The first-order chi connectivity index (χ1) is 13.6. The third-order valence-corrected chi connectivity index (χ3v) is 4.66. The van der Waals surface area contributed by atoms with Gasteiger partial charge in [0.15, 0.2) is 0 Å². The third kappa shape index (κ3) is 3.42. The van der Waals surface area contributed by atoms with Gasteiger partial charge in [-0.1, -0.05) is 48.5 Å². The molecule has 2 aromatic heterocycles. The summed E-state index contributed by atoms with van der Waals surface area (Å²) in [6.45, 7) is 3.78. The van der Waals surface area contributed by atoms with Gasteiger partial charge in [-0.05, 0) is 38.1 Å². The Morgan fingerprint density at radius 3 is 2.25 bits per heavy atom. The monoisotopic (exact) mass is 368 g/mol. The number of anilines is 1. The van der Waals surface area contributed by atoms with Gasteiger partial charge in [0.25, 0.3) is 5.91 Å². The Kier molecular flexibility index (Phi) is 4.72. The number of nitrogens with zero attached hydrogens (tertiary/aromatic N) is 3. The summed E-state index contributed by atoms with van der Waals surface area (Å²) in [6.07, 6.45) is 1.67. The molecule has 0 fully saturated rings. The lowest BCUT2D eigenvalue weighted by Gasteiger charge is -2.09. The lowest BCUT2D eigenvalue weighted by Crippen LogP contribution is -2.15. The molecule has 1 N–H and O–H groups in total. The smallest absolute Gasteiger partial charge is 0.257 e. The summed E-state index contributed by atoms with van der Waals surface area (Å²) in [7, 11) is 0. The predicted octanol–water partition coefficient (Wildman–Crippen LogP) is 4.80. The van der Waals surface area contributed by atoms with Crippen LogP contribution in [0.4, 0.5) is 5.69 Å². The van der Waals surface area contributed by atoms with Crippen molar-refractivity contribution in [1.82, 2.24) is 14.8 Å². The molecule has 0 radical (unpaired) electrons. The maximum Gasteiger partial charge on any atom is 0.257 e. The van der Waals surface area contributed by atoms with Crippen molar-refractivity contribution in [3.05, 3.63) is 95.9 Å². The van der Waals surface area contributed by atoms with Gasteiger partial charge in [0, 0.05) is 5.56 Å². The van der Waals surface area contributed by atoms with Crippen molar-refractivity contribution in [3.8, 4) is 16.9 Å². The number of aryl methyl sites for hydroxylation is 1. The van der Waals surface area contributed by atoms with E-state index in [0.717, 1.165) is 22.6 Å². The van der Waals surface area contributed by atoms with Crippen molar-refractivity contribution in [2.75, 3.05) is 5.32 Å². The van der Waals surface area contributed by atoms with Crippen LogP contribution >= 0.6 is 0 Å². The molecule has 4 rings (SSSR count). The highest BCUT2D eigenvalue weighted by molar-refractivity contribution is 6.05. The molecule has 5 nitrogen and oxygen atoms in total. The Morgan fingerprint density at radius 1 is 0.893 bits per heavy atom. The van der Waals surface area contributed by atoms with E-state index < -0.39 is 0 Å². The van der Waals surface area contributed by atoms with Crippen LogP contribution < -0.4 is 5.32 Å². The SMILES string of the molecule is Cc1nc(-c2ccccc2)ccc1C(=O)Nc1cnn(-c2ccccc2)c1C. The standard InChI is InChI=1S/C23H20N4O/c1-16-20(13-14-21(25-16)18-9-5-3-6-10-18)23(28)26-22-15-24-27(17(22)2)19-11-7-4-8-12-19/h3-15H,1-2H3,(H,26,28). The molecule has 0 aliphatic heterocycles. The second kappa shape index (κ2) is 7.48. The number of pyridine rings is 1. The van der Waals surface area contributed by atoms with Gasteiger partial charge in [-0.25, -0.2) is 4.68 Å². The summed E-state index contributed by atoms with van der Waals surface area (Å²) < 4.78 is 1.80. The van der Waals surface area contributed by atoms with Crippen LogP contribution in [0.3, 0.4) is 0 Å². The van der Waals surface area contributed by atoms with Gasteiger partial charge in [0.05, 0.1) is 40.2 Å². The molecule has 0 unspecified atom stereocenters. The highest BCUT2D eigenvalue weighted by Gasteiger charge is 2.15. The highest BCUT2D eigenvalue weighted by atomic mass is 16.1. The number of carbonyl (C=O) groups excluding carboxylic acids is 1. The highest BCUT2D eigenvalue weighted by Crippen LogP contribution is 2.21. The van der Waals surface area contributed by atoms with Crippen LogP contribution in [0.15, 0.2) is 79.0 Å². The molecule has 0 bridgehead atoms. The Hall–Kier alpha value is -3.73.